The molecule has 1 aliphatic rings. The molecule has 2 aromatic rings. The fourth-order valence-electron chi connectivity index (χ4n) is 3.12. The first-order valence-electron chi connectivity index (χ1n) is 9.81. The smallest absolute Gasteiger partial charge is 0.262 e. The Morgan fingerprint density at radius 3 is 2.53 bits per heavy atom. The molecule has 1 aliphatic heterocycles. The van der Waals surface area contributed by atoms with Crippen LogP contribution in [0.25, 0.3) is 6.08 Å². The first-order valence-corrected chi connectivity index (χ1v) is 9.81. The first-order chi connectivity index (χ1) is 14.5. The summed E-state index contributed by atoms with van der Waals surface area (Å²) in [4.78, 5) is 27.0. The lowest BCUT2D eigenvalue weighted by atomic mass is 10.1. The van der Waals surface area contributed by atoms with Crippen LogP contribution < -0.4 is 24.4 Å². The standard InChI is InChI=1S/C23H26N2O5/c1-4-11-24-23(27)21-15-25(19-7-5-6-8-20(19)30-21)22(26)10-9-16-12-17(28-2)14-18(13-16)29-3/h5-10,12-14,21H,4,11,15H2,1-3H3,(H,24,27)/b10-9+/t21-/m0/s1. The van der Waals surface area contributed by atoms with E-state index in [9.17, 15) is 9.59 Å². The Bertz CT molecular complexity index is 919. The molecule has 30 heavy (non-hydrogen) atoms. The van der Waals surface area contributed by atoms with Crippen LogP contribution in [0.3, 0.4) is 0 Å². The van der Waals surface area contributed by atoms with E-state index in [-0.39, 0.29) is 18.4 Å². The summed E-state index contributed by atoms with van der Waals surface area (Å²) in [6, 6.07) is 12.6. The van der Waals surface area contributed by atoms with Crippen molar-refractivity contribution in [2.75, 3.05) is 32.2 Å². The maximum atomic E-state index is 13.0. The third kappa shape index (κ3) is 4.92. The monoisotopic (exact) mass is 410 g/mol. The van der Waals surface area contributed by atoms with Crippen molar-refractivity contribution in [1.82, 2.24) is 5.32 Å². The Morgan fingerprint density at radius 2 is 1.87 bits per heavy atom. The number of amides is 2. The summed E-state index contributed by atoms with van der Waals surface area (Å²) < 4.78 is 16.4. The second kappa shape index (κ2) is 9.82. The minimum absolute atomic E-state index is 0.136. The minimum atomic E-state index is -0.763. The number of anilines is 1. The van der Waals surface area contributed by atoms with Gasteiger partial charge in [-0.25, -0.2) is 0 Å². The minimum Gasteiger partial charge on any atom is -0.497 e. The van der Waals surface area contributed by atoms with Crippen molar-refractivity contribution >= 4 is 23.6 Å². The van der Waals surface area contributed by atoms with Crippen molar-refractivity contribution in [2.24, 2.45) is 0 Å². The number of carbonyl (C=O) groups is 2. The molecular formula is C23H26N2O5. The predicted molar refractivity (Wildman–Crippen MR) is 115 cm³/mol. The number of carbonyl (C=O) groups excluding carboxylic acids is 2. The quantitative estimate of drug-likeness (QED) is 0.710. The van der Waals surface area contributed by atoms with Crippen molar-refractivity contribution in [3.63, 3.8) is 0 Å². The van der Waals surface area contributed by atoms with E-state index in [0.29, 0.717) is 29.5 Å². The number of benzene rings is 2. The molecule has 1 N–H and O–H groups in total. The highest BCUT2D eigenvalue weighted by molar-refractivity contribution is 6.05. The highest BCUT2D eigenvalue weighted by Gasteiger charge is 2.32. The number of fused-ring (bicyclic) bond motifs is 1. The largest absolute Gasteiger partial charge is 0.497 e. The Balaban J connectivity index is 1.83. The molecule has 2 aromatic carbocycles. The molecule has 0 aliphatic carbocycles. The van der Waals surface area contributed by atoms with E-state index < -0.39 is 6.10 Å². The molecular weight excluding hydrogens is 384 g/mol. The van der Waals surface area contributed by atoms with Crippen molar-refractivity contribution < 1.29 is 23.8 Å². The van der Waals surface area contributed by atoms with E-state index in [2.05, 4.69) is 5.32 Å². The number of hydrogen-bond acceptors (Lipinski definition) is 5. The van der Waals surface area contributed by atoms with Crippen molar-refractivity contribution in [3.8, 4) is 17.2 Å². The van der Waals surface area contributed by atoms with Crippen LogP contribution in [0.15, 0.2) is 48.5 Å². The van der Waals surface area contributed by atoms with Crippen LogP contribution in [0.1, 0.15) is 18.9 Å². The summed E-state index contributed by atoms with van der Waals surface area (Å²) in [6.07, 6.45) is 3.22. The average molecular weight is 410 g/mol. The van der Waals surface area contributed by atoms with E-state index in [1.807, 2.05) is 19.1 Å². The first kappa shape index (κ1) is 21.2. The molecule has 0 aromatic heterocycles. The van der Waals surface area contributed by atoms with Crippen LogP contribution in [-0.4, -0.2) is 45.2 Å². The molecule has 0 unspecified atom stereocenters. The predicted octanol–water partition coefficient (Wildman–Crippen LogP) is 3.04. The van der Waals surface area contributed by atoms with Gasteiger partial charge in [0.15, 0.2) is 6.10 Å². The summed E-state index contributed by atoms with van der Waals surface area (Å²) in [5.74, 6) is 1.29. The second-order valence-corrected chi connectivity index (χ2v) is 6.79. The molecule has 7 nitrogen and oxygen atoms in total. The zero-order chi connectivity index (χ0) is 21.5. The molecule has 2 amide bonds. The molecule has 0 fully saturated rings. The molecule has 0 saturated heterocycles. The van der Waals surface area contributed by atoms with Gasteiger partial charge < -0.3 is 24.4 Å². The maximum Gasteiger partial charge on any atom is 0.262 e. The maximum absolute atomic E-state index is 13.0. The van der Waals surface area contributed by atoms with Gasteiger partial charge >= 0.3 is 0 Å². The molecule has 0 radical (unpaired) electrons. The van der Waals surface area contributed by atoms with Gasteiger partial charge in [-0.05, 0) is 42.3 Å². The van der Waals surface area contributed by atoms with Crippen LogP contribution in [0.2, 0.25) is 0 Å². The lowest BCUT2D eigenvalue weighted by Crippen LogP contribution is -2.50. The number of para-hydroxylation sites is 2. The zero-order valence-electron chi connectivity index (χ0n) is 17.4. The number of ether oxygens (including phenoxy) is 3. The topological polar surface area (TPSA) is 77.1 Å². The lowest BCUT2D eigenvalue weighted by molar-refractivity contribution is -0.128. The van der Waals surface area contributed by atoms with Crippen LogP contribution in [0, 0.1) is 0 Å². The molecule has 158 valence electrons. The highest BCUT2D eigenvalue weighted by Crippen LogP contribution is 2.33. The molecule has 3 rings (SSSR count). The number of methoxy groups -OCH3 is 2. The van der Waals surface area contributed by atoms with Gasteiger partial charge in [0.1, 0.15) is 17.2 Å². The SMILES string of the molecule is CCCNC(=O)[C@@H]1CN(C(=O)/C=C/c2cc(OC)cc(OC)c2)c2ccccc2O1. The Morgan fingerprint density at radius 1 is 1.17 bits per heavy atom. The van der Waals surface area contributed by atoms with Gasteiger partial charge in [-0.1, -0.05) is 19.1 Å². The average Bonchev–Trinajstić information content (AvgIpc) is 2.79. The summed E-state index contributed by atoms with van der Waals surface area (Å²) in [5.41, 5.74) is 1.40. The van der Waals surface area contributed by atoms with Crippen LogP contribution >= 0.6 is 0 Å². The van der Waals surface area contributed by atoms with Gasteiger partial charge in [-0.15, -0.1) is 0 Å². The van der Waals surface area contributed by atoms with Crippen molar-refractivity contribution in [3.05, 3.63) is 54.1 Å². The van der Waals surface area contributed by atoms with Crippen LogP contribution in [0.4, 0.5) is 5.69 Å². The normalized spacial score (nSPS) is 15.3. The Kier molecular flexibility index (Phi) is 6.95. The van der Waals surface area contributed by atoms with Crippen molar-refractivity contribution in [1.29, 1.82) is 0 Å². The summed E-state index contributed by atoms with van der Waals surface area (Å²) >= 11 is 0. The van der Waals surface area contributed by atoms with Gasteiger partial charge in [-0.3, -0.25) is 9.59 Å². The van der Waals surface area contributed by atoms with Crippen LogP contribution in [-0.2, 0) is 9.59 Å². The third-order valence-electron chi connectivity index (χ3n) is 4.67. The van der Waals surface area contributed by atoms with Gasteiger partial charge in [0, 0.05) is 18.7 Å². The number of nitrogens with one attached hydrogen (secondary N) is 1. The van der Waals surface area contributed by atoms with Gasteiger partial charge in [0.2, 0.25) is 0 Å². The Labute approximate surface area is 176 Å². The fourth-order valence-corrected chi connectivity index (χ4v) is 3.12. The highest BCUT2D eigenvalue weighted by atomic mass is 16.5. The summed E-state index contributed by atoms with van der Waals surface area (Å²) in [5, 5.41) is 2.83. The summed E-state index contributed by atoms with van der Waals surface area (Å²) in [7, 11) is 3.14. The number of rotatable bonds is 7. The molecule has 1 heterocycles. The number of nitrogens with zero attached hydrogens (tertiary/aromatic N) is 1. The molecule has 7 heteroatoms. The molecule has 0 saturated carbocycles. The fraction of sp³-hybridized carbons (Fsp3) is 0.304. The Hall–Kier alpha value is -3.48. The zero-order valence-corrected chi connectivity index (χ0v) is 17.4. The van der Waals surface area contributed by atoms with E-state index in [1.165, 1.54) is 6.08 Å². The second-order valence-electron chi connectivity index (χ2n) is 6.79. The number of hydrogen-bond donors (Lipinski definition) is 1. The van der Waals surface area contributed by atoms with E-state index in [1.54, 1.807) is 55.5 Å². The van der Waals surface area contributed by atoms with Gasteiger partial charge in [-0.2, -0.15) is 0 Å². The van der Waals surface area contributed by atoms with E-state index in [0.717, 1.165) is 12.0 Å². The third-order valence-corrected chi connectivity index (χ3v) is 4.67. The molecule has 0 bridgehead atoms. The van der Waals surface area contributed by atoms with Gasteiger partial charge in [0.25, 0.3) is 11.8 Å². The van der Waals surface area contributed by atoms with E-state index in [4.69, 9.17) is 14.2 Å². The molecule has 0 spiro atoms. The molecule has 1 atom stereocenters. The van der Waals surface area contributed by atoms with Gasteiger partial charge in [0.05, 0.1) is 26.5 Å². The lowest BCUT2D eigenvalue weighted by Gasteiger charge is -2.33. The summed E-state index contributed by atoms with van der Waals surface area (Å²) in [6.45, 7) is 2.68. The van der Waals surface area contributed by atoms with Crippen molar-refractivity contribution in [2.45, 2.75) is 19.4 Å². The van der Waals surface area contributed by atoms with E-state index >= 15 is 0 Å². The van der Waals surface area contributed by atoms with Crippen LogP contribution in [0.5, 0.6) is 17.2 Å².